The Balaban J connectivity index is 1.65. The van der Waals surface area contributed by atoms with E-state index < -0.39 is 10.2 Å². The molecule has 1 aromatic heterocycles. The van der Waals surface area contributed by atoms with Crippen LogP contribution in [0.5, 0.6) is 0 Å². The summed E-state index contributed by atoms with van der Waals surface area (Å²) in [7, 11) is -1.44. The summed E-state index contributed by atoms with van der Waals surface area (Å²) in [6.07, 6.45) is 3.50. The maximum atomic E-state index is 12.7. The predicted molar refractivity (Wildman–Crippen MR) is 77.6 cm³/mol. The fourth-order valence-corrected chi connectivity index (χ4v) is 4.63. The fourth-order valence-electron chi connectivity index (χ4n) is 3.04. The lowest BCUT2D eigenvalue weighted by Gasteiger charge is -2.36. The van der Waals surface area contributed by atoms with Crippen LogP contribution < -0.4 is 5.32 Å². The molecule has 0 aliphatic carbocycles. The Hall–Kier alpha value is -1.03. The average molecular weight is 314 g/mol. The van der Waals surface area contributed by atoms with E-state index in [9.17, 15) is 8.42 Å². The second kappa shape index (κ2) is 5.99. The summed E-state index contributed by atoms with van der Waals surface area (Å²) in [4.78, 5) is 0. The van der Waals surface area contributed by atoms with E-state index in [0.29, 0.717) is 38.6 Å². The van der Waals surface area contributed by atoms with Crippen LogP contribution in [0, 0.1) is 5.92 Å². The van der Waals surface area contributed by atoms with Gasteiger partial charge in [-0.2, -0.15) is 17.0 Å². The molecule has 1 N–H and O–H groups in total. The molecule has 3 rings (SSSR count). The lowest BCUT2D eigenvalue weighted by Crippen LogP contribution is -2.49. The number of nitrogens with one attached hydrogen (secondary N) is 1. The van der Waals surface area contributed by atoms with Crippen molar-refractivity contribution < 1.29 is 8.42 Å². The van der Waals surface area contributed by atoms with Gasteiger partial charge >= 0.3 is 0 Å². The van der Waals surface area contributed by atoms with E-state index in [4.69, 9.17) is 0 Å². The van der Waals surface area contributed by atoms with Crippen LogP contribution in [0.2, 0.25) is 0 Å². The minimum Gasteiger partial charge on any atom is -0.319 e. The average Bonchev–Trinajstić information content (AvgIpc) is 2.95. The molecule has 21 heavy (non-hydrogen) atoms. The van der Waals surface area contributed by atoms with Gasteiger partial charge in [-0.25, -0.2) is 0 Å². The number of nitrogens with zero attached hydrogens (tertiary/aromatic N) is 5. The van der Waals surface area contributed by atoms with Gasteiger partial charge in [-0.05, 0) is 32.4 Å². The molecule has 0 aromatic carbocycles. The van der Waals surface area contributed by atoms with Crippen LogP contribution in [-0.2, 0) is 23.3 Å². The predicted octanol–water partition coefficient (Wildman–Crippen LogP) is -0.730. The van der Waals surface area contributed by atoms with Crippen molar-refractivity contribution in [3.05, 3.63) is 12.2 Å². The van der Waals surface area contributed by atoms with Crippen molar-refractivity contribution >= 4 is 10.2 Å². The molecule has 0 atom stereocenters. The van der Waals surface area contributed by atoms with Crippen LogP contribution in [0.3, 0.4) is 0 Å². The third kappa shape index (κ3) is 2.96. The Morgan fingerprint density at radius 1 is 1.24 bits per heavy atom. The number of rotatable bonds is 4. The maximum Gasteiger partial charge on any atom is 0.282 e. The van der Waals surface area contributed by atoms with E-state index >= 15 is 0 Å². The maximum absolute atomic E-state index is 12.7. The molecule has 3 heterocycles. The monoisotopic (exact) mass is 314 g/mol. The van der Waals surface area contributed by atoms with Gasteiger partial charge in [-0.15, -0.1) is 10.2 Å². The van der Waals surface area contributed by atoms with Crippen molar-refractivity contribution in [3.63, 3.8) is 0 Å². The first kappa shape index (κ1) is 14.9. The molecule has 2 aliphatic rings. The standard InChI is InChI=1S/C12H22N6O2S/c1-13-8-11-2-4-17(5-3-11)21(19,20)18-7-6-16-10-14-15-12(16)9-18/h10-11,13H,2-9H2,1H3. The first-order valence-electron chi connectivity index (χ1n) is 7.38. The summed E-state index contributed by atoms with van der Waals surface area (Å²) in [5.74, 6) is 1.29. The van der Waals surface area contributed by atoms with Crippen LogP contribution >= 0.6 is 0 Å². The van der Waals surface area contributed by atoms with E-state index in [-0.39, 0.29) is 0 Å². The summed E-state index contributed by atoms with van der Waals surface area (Å²) in [6.45, 7) is 3.61. The second-order valence-electron chi connectivity index (χ2n) is 5.68. The topological polar surface area (TPSA) is 83.4 Å². The highest BCUT2D eigenvalue weighted by molar-refractivity contribution is 7.86. The van der Waals surface area contributed by atoms with Crippen LogP contribution in [0.1, 0.15) is 18.7 Å². The first-order chi connectivity index (χ1) is 10.1. The van der Waals surface area contributed by atoms with Crippen molar-refractivity contribution in [1.29, 1.82) is 0 Å². The molecule has 1 aromatic rings. The summed E-state index contributed by atoms with van der Waals surface area (Å²) in [5, 5.41) is 11.0. The summed E-state index contributed by atoms with van der Waals surface area (Å²) in [6, 6.07) is 0. The lowest BCUT2D eigenvalue weighted by atomic mass is 9.98. The third-order valence-corrected chi connectivity index (χ3v) is 6.30. The number of piperidine rings is 1. The Kier molecular flexibility index (Phi) is 4.25. The molecular weight excluding hydrogens is 292 g/mol. The molecule has 9 heteroatoms. The molecule has 8 nitrogen and oxygen atoms in total. The third-order valence-electron chi connectivity index (χ3n) is 4.32. The van der Waals surface area contributed by atoms with Gasteiger partial charge in [0, 0.05) is 26.2 Å². The quantitative estimate of drug-likeness (QED) is 0.792. The number of fused-ring (bicyclic) bond motifs is 1. The molecule has 2 aliphatic heterocycles. The molecule has 1 saturated heterocycles. The zero-order valence-electron chi connectivity index (χ0n) is 12.3. The van der Waals surface area contributed by atoms with Crippen LogP contribution in [0.4, 0.5) is 0 Å². The highest BCUT2D eigenvalue weighted by Crippen LogP contribution is 2.23. The van der Waals surface area contributed by atoms with E-state index in [1.807, 2.05) is 11.6 Å². The minimum atomic E-state index is -3.38. The Bertz CT molecular complexity index is 578. The van der Waals surface area contributed by atoms with Gasteiger partial charge in [0.2, 0.25) is 0 Å². The summed E-state index contributed by atoms with van der Waals surface area (Å²) >= 11 is 0. The van der Waals surface area contributed by atoms with Crippen LogP contribution in [0.25, 0.3) is 0 Å². The second-order valence-corrected chi connectivity index (χ2v) is 7.61. The highest BCUT2D eigenvalue weighted by Gasteiger charge is 2.35. The molecule has 0 spiro atoms. The van der Waals surface area contributed by atoms with Crippen molar-refractivity contribution in [1.82, 2.24) is 28.7 Å². The molecule has 0 amide bonds. The number of aromatic nitrogens is 3. The molecule has 0 saturated carbocycles. The molecule has 0 bridgehead atoms. The van der Waals surface area contributed by atoms with E-state index in [0.717, 1.165) is 25.2 Å². The van der Waals surface area contributed by atoms with Gasteiger partial charge in [-0.3, -0.25) is 0 Å². The molecular formula is C12H22N6O2S. The first-order valence-corrected chi connectivity index (χ1v) is 8.77. The lowest BCUT2D eigenvalue weighted by molar-refractivity contribution is 0.240. The summed E-state index contributed by atoms with van der Waals surface area (Å²) in [5.41, 5.74) is 0. The minimum absolute atomic E-state index is 0.318. The molecule has 118 valence electrons. The van der Waals surface area contributed by atoms with Gasteiger partial charge in [0.15, 0.2) is 0 Å². The zero-order chi connectivity index (χ0) is 14.9. The van der Waals surface area contributed by atoms with Crippen molar-refractivity contribution in [2.45, 2.75) is 25.9 Å². The zero-order valence-corrected chi connectivity index (χ0v) is 13.1. The Morgan fingerprint density at radius 2 is 2.00 bits per heavy atom. The Labute approximate surface area is 125 Å². The van der Waals surface area contributed by atoms with Crippen LogP contribution in [-0.4, -0.2) is 65.0 Å². The SMILES string of the molecule is CNCC1CCN(S(=O)(=O)N2CCn3cnnc3C2)CC1. The smallest absolute Gasteiger partial charge is 0.282 e. The molecule has 0 radical (unpaired) electrons. The molecule has 1 fully saturated rings. The van der Waals surface area contributed by atoms with E-state index in [1.54, 1.807) is 10.6 Å². The highest BCUT2D eigenvalue weighted by atomic mass is 32.2. The molecule has 0 unspecified atom stereocenters. The van der Waals surface area contributed by atoms with Gasteiger partial charge in [0.25, 0.3) is 10.2 Å². The fraction of sp³-hybridized carbons (Fsp3) is 0.833. The van der Waals surface area contributed by atoms with E-state index in [2.05, 4.69) is 15.5 Å². The van der Waals surface area contributed by atoms with Gasteiger partial charge in [0.1, 0.15) is 12.2 Å². The van der Waals surface area contributed by atoms with Gasteiger partial charge < -0.3 is 9.88 Å². The van der Waals surface area contributed by atoms with Crippen molar-refractivity contribution in [2.24, 2.45) is 5.92 Å². The Morgan fingerprint density at radius 3 is 2.71 bits per heavy atom. The van der Waals surface area contributed by atoms with Gasteiger partial charge in [0.05, 0.1) is 6.54 Å². The van der Waals surface area contributed by atoms with Crippen molar-refractivity contribution in [3.8, 4) is 0 Å². The van der Waals surface area contributed by atoms with Gasteiger partial charge in [-0.1, -0.05) is 0 Å². The van der Waals surface area contributed by atoms with Crippen molar-refractivity contribution in [2.75, 3.05) is 33.2 Å². The number of hydrogen-bond donors (Lipinski definition) is 1. The largest absolute Gasteiger partial charge is 0.319 e. The van der Waals surface area contributed by atoms with Crippen LogP contribution in [0.15, 0.2) is 6.33 Å². The van der Waals surface area contributed by atoms with E-state index in [1.165, 1.54) is 4.31 Å². The normalized spacial score (nSPS) is 22.3. The number of hydrogen-bond acceptors (Lipinski definition) is 5. The summed E-state index contributed by atoms with van der Waals surface area (Å²) < 4.78 is 30.5.